The smallest absolute Gasteiger partial charge is 0.321 e. The fourth-order valence-corrected chi connectivity index (χ4v) is 4.27. The maximum Gasteiger partial charge on any atom is 0.321 e. The number of piperazine rings is 1. The molecule has 12 nitrogen and oxygen atoms in total. The molecule has 2 saturated heterocycles. The van der Waals surface area contributed by atoms with Crippen molar-refractivity contribution in [2.24, 2.45) is 0 Å². The van der Waals surface area contributed by atoms with Gasteiger partial charge in [0.2, 0.25) is 0 Å². The summed E-state index contributed by atoms with van der Waals surface area (Å²) in [4.78, 5) is 33.3. The molecule has 0 atom stereocenters. The van der Waals surface area contributed by atoms with Crippen molar-refractivity contribution in [3.05, 3.63) is 36.2 Å². The number of hydrogen-bond donors (Lipinski definition) is 3. The summed E-state index contributed by atoms with van der Waals surface area (Å²) >= 11 is 0. The van der Waals surface area contributed by atoms with Gasteiger partial charge >= 0.3 is 6.03 Å². The molecule has 0 radical (unpaired) electrons. The molecule has 2 aromatic rings. The third-order valence-electron chi connectivity index (χ3n) is 6.26. The molecule has 2 fully saturated rings. The van der Waals surface area contributed by atoms with Crippen molar-refractivity contribution in [1.82, 2.24) is 25.2 Å². The minimum atomic E-state index is -0.130. The third-order valence-corrected chi connectivity index (χ3v) is 6.26. The quantitative estimate of drug-likeness (QED) is 0.317. The number of nitrogens with zero attached hydrogens (tertiary/aromatic N) is 5. The molecule has 0 unspecified atom stereocenters. The van der Waals surface area contributed by atoms with Gasteiger partial charge in [0.15, 0.2) is 0 Å². The number of benzene rings is 1. The molecule has 2 amide bonds. The van der Waals surface area contributed by atoms with Gasteiger partial charge < -0.3 is 35.2 Å². The van der Waals surface area contributed by atoms with Gasteiger partial charge in [0, 0.05) is 51.5 Å². The Bertz CT molecular complexity index is 993. The Morgan fingerprint density at radius 1 is 1.08 bits per heavy atom. The van der Waals surface area contributed by atoms with E-state index in [4.69, 9.17) is 20.0 Å². The van der Waals surface area contributed by atoms with Gasteiger partial charge in [-0.3, -0.25) is 4.90 Å². The predicted molar refractivity (Wildman–Crippen MR) is 142 cm³/mol. The third kappa shape index (κ3) is 7.89. The van der Waals surface area contributed by atoms with Crippen LogP contribution in [0.1, 0.15) is 19.4 Å². The highest BCUT2D eigenvalue weighted by atomic mass is 16.6. The molecule has 12 heteroatoms. The number of anilines is 3. The van der Waals surface area contributed by atoms with Crippen molar-refractivity contribution in [3.63, 3.8) is 0 Å². The number of ether oxygens (including phenoxy) is 2. The number of urea groups is 1. The van der Waals surface area contributed by atoms with Crippen LogP contribution in [0.25, 0.3) is 0 Å². The topological polar surface area (TPSA) is 130 Å². The monoisotopic (exact) mass is 514 g/mol. The lowest BCUT2D eigenvalue weighted by Crippen LogP contribution is -2.50. The second-order valence-corrected chi connectivity index (χ2v) is 9.28. The Labute approximate surface area is 218 Å². The van der Waals surface area contributed by atoms with E-state index in [0.717, 1.165) is 55.7 Å². The number of carbonyl (C=O) groups is 1. The van der Waals surface area contributed by atoms with E-state index in [9.17, 15) is 4.79 Å². The minimum Gasteiger partial charge on any atom is -0.491 e. The van der Waals surface area contributed by atoms with Crippen molar-refractivity contribution < 1.29 is 19.1 Å². The zero-order chi connectivity index (χ0) is 26.0. The van der Waals surface area contributed by atoms with Crippen LogP contribution >= 0.6 is 0 Å². The molecular formula is C25H38N8O4. The summed E-state index contributed by atoms with van der Waals surface area (Å²) in [6.07, 6.45) is 1.57. The number of rotatable bonds is 10. The number of nitrogens with one attached hydrogen (secondary N) is 2. The van der Waals surface area contributed by atoms with E-state index in [1.54, 1.807) is 4.90 Å². The van der Waals surface area contributed by atoms with Gasteiger partial charge in [0.25, 0.3) is 0 Å². The lowest BCUT2D eigenvalue weighted by Gasteiger charge is -2.36. The summed E-state index contributed by atoms with van der Waals surface area (Å²) in [5.41, 5.74) is 10.7. The minimum absolute atomic E-state index is 0.103. The molecule has 2 aliphatic rings. The van der Waals surface area contributed by atoms with Crippen molar-refractivity contribution in [3.8, 4) is 5.75 Å². The molecule has 4 rings (SSSR count). The van der Waals surface area contributed by atoms with E-state index in [0.29, 0.717) is 45.1 Å². The van der Waals surface area contributed by atoms with Gasteiger partial charge in [-0.2, -0.15) is 5.48 Å². The normalized spacial score (nSPS) is 16.7. The van der Waals surface area contributed by atoms with Gasteiger partial charge in [-0.25, -0.2) is 14.8 Å². The zero-order valence-electron chi connectivity index (χ0n) is 21.7. The number of amides is 2. The SMILES string of the molecule is CC(C)Oc1ccc(NC(=O)N2CCN(c3ncnc(N)c3CNOCCN3CCOCC3)CC2)cc1. The highest BCUT2D eigenvalue weighted by Crippen LogP contribution is 2.23. The van der Waals surface area contributed by atoms with Crippen LogP contribution in [0.3, 0.4) is 0 Å². The van der Waals surface area contributed by atoms with Crippen molar-refractivity contribution >= 4 is 23.4 Å². The zero-order valence-corrected chi connectivity index (χ0v) is 21.7. The number of carbonyl (C=O) groups excluding carboxylic acids is 1. The molecule has 0 spiro atoms. The van der Waals surface area contributed by atoms with E-state index in [-0.39, 0.29) is 12.1 Å². The van der Waals surface area contributed by atoms with Gasteiger partial charge in [-0.15, -0.1) is 0 Å². The molecule has 4 N–H and O–H groups in total. The molecular weight excluding hydrogens is 476 g/mol. The Balaban J connectivity index is 1.24. The van der Waals surface area contributed by atoms with Crippen LogP contribution in [-0.4, -0.2) is 97.5 Å². The fourth-order valence-electron chi connectivity index (χ4n) is 4.27. The average Bonchev–Trinajstić information content (AvgIpc) is 2.91. The van der Waals surface area contributed by atoms with Crippen LogP contribution < -0.4 is 26.2 Å². The maximum atomic E-state index is 12.8. The van der Waals surface area contributed by atoms with Crippen LogP contribution in [0, 0.1) is 0 Å². The number of hydrogen-bond acceptors (Lipinski definition) is 10. The van der Waals surface area contributed by atoms with Crippen molar-refractivity contribution in [2.45, 2.75) is 26.5 Å². The molecule has 202 valence electrons. The molecule has 1 aromatic carbocycles. The van der Waals surface area contributed by atoms with E-state index in [1.807, 2.05) is 38.1 Å². The van der Waals surface area contributed by atoms with Gasteiger partial charge in [0.1, 0.15) is 23.7 Å². The number of nitrogens with two attached hydrogens (primary N) is 1. The first kappa shape index (κ1) is 26.9. The molecule has 37 heavy (non-hydrogen) atoms. The van der Waals surface area contributed by atoms with Gasteiger partial charge in [-0.05, 0) is 38.1 Å². The summed E-state index contributed by atoms with van der Waals surface area (Å²) < 4.78 is 11.0. The first-order valence-corrected chi connectivity index (χ1v) is 12.8. The molecule has 0 bridgehead atoms. The van der Waals surface area contributed by atoms with Gasteiger partial charge in [0.05, 0.1) is 38.0 Å². The average molecular weight is 515 g/mol. The number of aromatic nitrogens is 2. The lowest BCUT2D eigenvalue weighted by molar-refractivity contribution is -0.00650. The Morgan fingerprint density at radius 3 is 2.51 bits per heavy atom. The van der Waals surface area contributed by atoms with Crippen molar-refractivity contribution in [1.29, 1.82) is 0 Å². The highest BCUT2D eigenvalue weighted by molar-refractivity contribution is 5.89. The summed E-state index contributed by atoms with van der Waals surface area (Å²) in [5, 5.41) is 2.96. The summed E-state index contributed by atoms with van der Waals surface area (Å²) in [6, 6.07) is 7.27. The number of nitrogen functional groups attached to an aromatic ring is 1. The van der Waals surface area contributed by atoms with Gasteiger partial charge in [-0.1, -0.05) is 0 Å². The molecule has 0 saturated carbocycles. The summed E-state index contributed by atoms with van der Waals surface area (Å²) in [5.74, 6) is 1.95. The standard InChI is InChI=1S/C25H38N8O4/c1-19(2)37-21-5-3-20(4-6-21)30-25(34)33-9-7-32(8-10-33)24-22(23(26)27-18-28-24)17-29-36-16-13-31-11-14-35-15-12-31/h3-6,18-19,29H,7-17H2,1-2H3,(H,30,34)(H2,26,27,28). The molecule has 1 aromatic heterocycles. The maximum absolute atomic E-state index is 12.8. The van der Waals surface area contributed by atoms with E-state index in [1.165, 1.54) is 6.33 Å². The molecule has 0 aliphatic carbocycles. The number of hydroxylamine groups is 1. The first-order chi connectivity index (χ1) is 18.0. The Kier molecular flexibility index (Phi) is 9.71. The second-order valence-electron chi connectivity index (χ2n) is 9.28. The Morgan fingerprint density at radius 2 is 1.81 bits per heavy atom. The van der Waals surface area contributed by atoms with E-state index in [2.05, 4.69) is 30.6 Å². The van der Waals surface area contributed by atoms with Crippen molar-refractivity contribution in [2.75, 3.05) is 81.6 Å². The summed E-state index contributed by atoms with van der Waals surface area (Å²) in [6.45, 7) is 11.5. The molecule has 3 heterocycles. The highest BCUT2D eigenvalue weighted by Gasteiger charge is 2.24. The Hall–Kier alpha value is -3.19. The first-order valence-electron chi connectivity index (χ1n) is 12.8. The number of morpholine rings is 1. The fraction of sp³-hybridized carbons (Fsp3) is 0.560. The van der Waals surface area contributed by atoms with Crippen LogP contribution in [-0.2, 0) is 16.1 Å². The predicted octanol–water partition coefficient (Wildman–Crippen LogP) is 1.55. The van der Waals surface area contributed by atoms with E-state index < -0.39 is 0 Å². The van der Waals surface area contributed by atoms with Crippen LogP contribution in [0.2, 0.25) is 0 Å². The van der Waals surface area contributed by atoms with Crippen LogP contribution in [0.4, 0.5) is 22.1 Å². The molecule has 2 aliphatic heterocycles. The van der Waals surface area contributed by atoms with E-state index >= 15 is 0 Å². The lowest BCUT2D eigenvalue weighted by atomic mass is 10.2. The second kappa shape index (κ2) is 13.4. The largest absolute Gasteiger partial charge is 0.491 e. The van der Waals surface area contributed by atoms with Crippen LogP contribution in [0.5, 0.6) is 5.75 Å². The summed E-state index contributed by atoms with van der Waals surface area (Å²) in [7, 11) is 0. The van der Waals surface area contributed by atoms with Crippen LogP contribution in [0.15, 0.2) is 30.6 Å².